The van der Waals surface area contributed by atoms with Crippen LogP contribution in [0.15, 0.2) is 47.4 Å². The summed E-state index contributed by atoms with van der Waals surface area (Å²) in [5, 5.41) is 12.5. The van der Waals surface area contributed by atoms with E-state index in [9.17, 15) is 9.90 Å². The van der Waals surface area contributed by atoms with E-state index in [4.69, 9.17) is 16.3 Å². The van der Waals surface area contributed by atoms with Crippen molar-refractivity contribution in [3.63, 3.8) is 0 Å². The summed E-state index contributed by atoms with van der Waals surface area (Å²) in [4.78, 5) is 12.4. The van der Waals surface area contributed by atoms with E-state index in [2.05, 4.69) is 5.32 Å². The van der Waals surface area contributed by atoms with Gasteiger partial charge in [-0.2, -0.15) is 0 Å². The fraction of sp³-hybridized carbons (Fsp3) is 0.0714. The molecular weight excluding hydrogens is 298 g/mol. The first-order valence-electron chi connectivity index (χ1n) is 5.70. The topological polar surface area (TPSA) is 58.6 Å². The number of benzene rings is 2. The number of hydrogen-bond acceptors (Lipinski definition) is 4. The molecule has 0 saturated carbocycles. The van der Waals surface area contributed by atoms with Crippen molar-refractivity contribution in [1.82, 2.24) is 0 Å². The van der Waals surface area contributed by atoms with Crippen molar-refractivity contribution in [2.24, 2.45) is 0 Å². The van der Waals surface area contributed by atoms with E-state index in [1.54, 1.807) is 36.4 Å². The van der Waals surface area contributed by atoms with Gasteiger partial charge in [-0.3, -0.25) is 4.79 Å². The van der Waals surface area contributed by atoms with Gasteiger partial charge in [0.2, 0.25) is 0 Å². The lowest BCUT2D eigenvalue weighted by molar-refractivity contribution is 0.269. The van der Waals surface area contributed by atoms with Crippen LogP contribution in [-0.2, 0) is 0 Å². The largest absolute Gasteiger partial charge is 0.507 e. The Hall–Kier alpha value is -1.85. The predicted octanol–water partition coefficient (Wildman–Crippen LogP) is 4.38. The molecule has 0 aliphatic rings. The van der Waals surface area contributed by atoms with E-state index >= 15 is 0 Å². The first-order valence-corrected chi connectivity index (χ1v) is 6.90. The van der Waals surface area contributed by atoms with Crippen LogP contribution >= 0.6 is 23.4 Å². The summed E-state index contributed by atoms with van der Waals surface area (Å²) in [5.41, 5.74) is 0.518. The molecule has 0 spiro atoms. The predicted molar refractivity (Wildman–Crippen MR) is 81.0 cm³/mol. The van der Waals surface area contributed by atoms with Gasteiger partial charge in [0.05, 0.1) is 17.7 Å². The molecule has 2 N–H and O–H groups in total. The summed E-state index contributed by atoms with van der Waals surface area (Å²) in [6, 6.07) is 11.6. The van der Waals surface area contributed by atoms with Gasteiger partial charge in [-0.1, -0.05) is 23.7 Å². The van der Waals surface area contributed by atoms with Crippen molar-refractivity contribution in [2.45, 2.75) is 4.90 Å². The monoisotopic (exact) mass is 309 g/mol. The molecule has 0 fully saturated rings. The second kappa shape index (κ2) is 6.54. The normalized spacial score (nSPS) is 10.1. The molecule has 1 amide bonds. The third-order valence-electron chi connectivity index (χ3n) is 2.47. The highest BCUT2D eigenvalue weighted by Crippen LogP contribution is 2.32. The van der Waals surface area contributed by atoms with Crippen LogP contribution in [0.25, 0.3) is 0 Å². The minimum Gasteiger partial charge on any atom is -0.507 e. The summed E-state index contributed by atoms with van der Waals surface area (Å²) in [6.07, 6.45) is 0. The Morgan fingerprint density at radius 3 is 2.75 bits per heavy atom. The van der Waals surface area contributed by atoms with E-state index in [-0.39, 0.29) is 11.0 Å². The molecule has 0 heterocycles. The molecular formula is C14H12ClNO3S. The van der Waals surface area contributed by atoms with Crippen molar-refractivity contribution < 1.29 is 14.6 Å². The van der Waals surface area contributed by atoms with Crippen molar-refractivity contribution in [1.29, 1.82) is 0 Å². The Morgan fingerprint density at radius 1 is 1.30 bits per heavy atom. The van der Waals surface area contributed by atoms with Crippen LogP contribution in [0.3, 0.4) is 0 Å². The number of anilines is 1. The molecule has 2 rings (SSSR count). The van der Waals surface area contributed by atoms with Crippen LogP contribution in [0.5, 0.6) is 11.5 Å². The maximum absolute atomic E-state index is 11.9. The zero-order valence-electron chi connectivity index (χ0n) is 10.6. The summed E-state index contributed by atoms with van der Waals surface area (Å²) < 4.78 is 5.14. The van der Waals surface area contributed by atoms with Crippen LogP contribution in [0.2, 0.25) is 5.02 Å². The average molecular weight is 310 g/mol. The summed E-state index contributed by atoms with van der Waals surface area (Å²) in [5.74, 6) is 0.541. The minimum atomic E-state index is -0.327. The van der Waals surface area contributed by atoms with Crippen LogP contribution < -0.4 is 10.1 Å². The number of thioether (sulfide) groups is 1. The molecule has 0 aromatic heterocycles. The number of hydrogen-bond donors (Lipinski definition) is 2. The minimum absolute atomic E-state index is 0.0655. The first-order chi connectivity index (χ1) is 9.60. The summed E-state index contributed by atoms with van der Waals surface area (Å²) in [6.45, 7) is 0. The fourth-order valence-electron chi connectivity index (χ4n) is 1.55. The fourth-order valence-corrected chi connectivity index (χ4v) is 2.39. The second-order valence-corrected chi connectivity index (χ2v) is 5.28. The zero-order valence-corrected chi connectivity index (χ0v) is 12.2. The molecule has 0 saturated heterocycles. The lowest BCUT2D eigenvalue weighted by Crippen LogP contribution is -2.06. The molecule has 4 nitrogen and oxygen atoms in total. The van der Waals surface area contributed by atoms with Gasteiger partial charge in [0.25, 0.3) is 5.24 Å². The molecule has 2 aromatic carbocycles. The van der Waals surface area contributed by atoms with Crippen molar-refractivity contribution in [3.05, 3.63) is 47.5 Å². The standard InChI is InChI=1S/C14H12ClNO3S/c1-19-12-8-9(15)6-7-10(12)16-14(18)20-13-5-3-2-4-11(13)17/h2-8,17H,1H3,(H,16,18). The number of halogens is 1. The molecule has 104 valence electrons. The van der Waals surface area contributed by atoms with E-state index < -0.39 is 0 Å². The quantitative estimate of drug-likeness (QED) is 0.826. The lowest BCUT2D eigenvalue weighted by atomic mass is 10.3. The third kappa shape index (κ3) is 3.59. The number of carbonyl (C=O) groups excluding carboxylic acids is 1. The summed E-state index contributed by atoms with van der Waals surface area (Å²) in [7, 11) is 1.50. The number of ether oxygens (including phenoxy) is 1. The number of rotatable bonds is 3. The van der Waals surface area contributed by atoms with Gasteiger partial charge >= 0.3 is 0 Å². The van der Waals surface area contributed by atoms with Crippen LogP contribution in [0, 0.1) is 0 Å². The number of phenols is 1. The van der Waals surface area contributed by atoms with Gasteiger partial charge in [0, 0.05) is 11.1 Å². The highest BCUT2D eigenvalue weighted by Gasteiger charge is 2.11. The first kappa shape index (κ1) is 14.6. The molecule has 0 aliphatic carbocycles. The Morgan fingerprint density at radius 2 is 2.05 bits per heavy atom. The second-order valence-electron chi connectivity index (χ2n) is 3.83. The van der Waals surface area contributed by atoms with E-state index in [0.29, 0.717) is 21.4 Å². The number of nitrogens with one attached hydrogen (secondary N) is 1. The molecule has 2 aromatic rings. The van der Waals surface area contributed by atoms with Crippen molar-refractivity contribution in [2.75, 3.05) is 12.4 Å². The van der Waals surface area contributed by atoms with Gasteiger partial charge < -0.3 is 15.2 Å². The van der Waals surface area contributed by atoms with Gasteiger partial charge in [0.15, 0.2) is 0 Å². The molecule has 6 heteroatoms. The number of methoxy groups -OCH3 is 1. The maximum atomic E-state index is 11.9. The van der Waals surface area contributed by atoms with Gasteiger partial charge in [-0.25, -0.2) is 0 Å². The molecule has 0 bridgehead atoms. The number of carbonyl (C=O) groups is 1. The highest BCUT2D eigenvalue weighted by molar-refractivity contribution is 8.14. The van der Waals surface area contributed by atoms with Crippen molar-refractivity contribution >= 4 is 34.3 Å². The van der Waals surface area contributed by atoms with E-state index in [0.717, 1.165) is 11.8 Å². The molecule has 20 heavy (non-hydrogen) atoms. The smallest absolute Gasteiger partial charge is 0.288 e. The lowest BCUT2D eigenvalue weighted by Gasteiger charge is -2.10. The van der Waals surface area contributed by atoms with Crippen LogP contribution in [0.1, 0.15) is 0 Å². The van der Waals surface area contributed by atoms with Gasteiger partial charge in [0.1, 0.15) is 11.5 Å². The highest BCUT2D eigenvalue weighted by atomic mass is 35.5. The number of para-hydroxylation sites is 1. The van der Waals surface area contributed by atoms with Crippen LogP contribution in [-0.4, -0.2) is 17.5 Å². The third-order valence-corrected chi connectivity index (χ3v) is 3.56. The van der Waals surface area contributed by atoms with Gasteiger partial charge in [-0.15, -0.1) is 0 Å². The Kier molecular flexibility index (Phi) is 4.76. The molecule has 0 atom stereocenters. The molecule has 0 unspecified atom stereocenters. The Balaban J connectivity index is 2.11. The molecule has 0 aliphatic heterocycles. The van der Waals surface area contributed by atoms with Crippen LogP contribution in [0.4, 0.5) is 10.5 Å². The molecule has 0 radical (unpaired) electrons. The SMILES string of the molecule is COc1cc(Cl)ccc1NC(=O)Sc1ccccc1O. The average Bonchev–Trinajstić information content (AvgIpc) is 2.43. The Bertz CT molecular complexity index is 634. The maximum Gasteiger partial charge on any atom is 0.288 e. The van der Waals surface area contributed by atoms with Gasteiger partial charge in [-0.05, 0) is 36.0 Å². The number of phenolic OH excluding ortho intramolecular Hbond substituents is 1. The number of amides is 1. The van der Waals surface area contributed by atoms with E-state index in [1.165, 1.54) is 13.2 Å². The Labute approximate surface area is 125 Å². The van der Waals surface area contributed by atoms with E-state index in [1.807, 2.05) is 0 Å². The summed E-state index contributed by atoms with van der Waals surface area (Å²) >= 11 is 6.75. The van der Waals surface area contributed by atoms with Crippen molar-refractivity contribution in [3.8, 4) is 11.5 Å². The zero-order chi connectivity index (χ0) is 14.5. The number of aromatic hydroxyl groups is 1.